The lowest BCUT2D eigenvalue weighted by atomic mass is 10.2. The first kappa shape index (κ1) is 12.2. The van der Waals surface area contributed by atoms with E-state index in [1.54, 1.807) is 16.8 Å². The van der Waals surface area contributed by atoms with Crippen LogP contribution in [0.1, 0.15) is 25.7 Å². The number of piperazine rings is 1. The van der Waals surface area contributed by atoms with E-state index in [1.807, 2.05) is 4.90 Å². The fourth-order valence-corrected chi connectivity index (χ4v) is 2.38. The Hall–Kier alpha value is -1.26. The minimum atomic E-state index is 0.0411. The predicted octanol–water partition coefficient (Wildman–Crippen LogP) is 0.756. The van der Waals surface area contributed by atoms with Crippen molar-refractivity contribution in [2.45, 2.75) is 25.7 Å². The van der Waals surface area contributed by atoms with Gasteiger partial charge in [-0.05, 0) is 12.8 Å². The molecule has 0 radical (unpaired) electrons. The molecular weight excluding hydrogens is 218 g/mol. The summed E-state index contributed by atoms with van der Waals surface area (Å²) in [5.74, 6) is 0.0411. The van der Waals surface area contributed by atoms with Crippen LogP contribution in [0.4, 0.5) is 4.79 Å². The van der Waals surface area contributed by atoms with Crippen molar-refractivity contribution in [3.05, 3.63) is 0 Å². The Kier molecular flexibility index (Phi) is 3.86. The summed E-state index contributed by atoms with van der Waals surface area (Å²) >= 11 is 0. The molecule has 5 heteroatoms. The van der Waals surface area contributed by atoms with E-state index in [0.717, 1.165) is 25.9 Å². The number of amides is 3. The molecule has 0 unspecified atom stereocenters. The van der Waals surface area contributed by atoms with Crippen molar-refractivity contribution in [3.8, 4) is 0 Å². The molecule has 0 aromatic rings. The van der Waals surface area contributed by atoms with Crippen molar-refractivity contribution in [1.82, 2.24) is 14.7 Å². The molecule has 2 aliphatic rings. The number of rotatable bonds is 0. The summed E-state index contributed by atoms with van der Waals surface area (Å²) in [6, 6.07) is 0.0494. The SMILES string of the molecule is CN1CCN(C(=O)N2CCCCCC2)CC1=O. The van der Waals surface area contributed by atoms with Crippen molar-refractivity contribution in [2.75, 3.05) is 39.8 Å². The zero-order valence-corrected chi connectivity index (χ0v) is 10.5. The van der Waals surface area contributed by atoms with Crippen LogP contribution in [0, 0.1) is 0 Å². The van der Waals surface area contributed by atoms with Crippen LogP contribution in [0.25, 0.3) is 0 Å². The van der Waals surface area contributed by atoms with Gasteiger partial charge in [0.1, 0.15) is 6.54 Å². The van der Waals surface area contributed by atoms with Gasteiger partial charge in [0.15, 0.2) is 0 Å². The summed E-state index contributed by atoms with van der Waals surface area (Å²) in [5, 5.41) is 0. The first-order valence-electron chi connectivity index (χ1n) is 6.46. The Labute approximate surface area is 102 Å². The van der Waals surface area contributed by atoms with E-state index < -0.39 is 0 Å². The first-order chi connectivity index (χ1) is 8.18. The van der Waals surface area contributed by atoms with Gasteiger partial charge in [-0.25, -0.2) is 4.79 Å². The second-order valence-corrected chi connectivity index (χ2v) is 4.92. The van der Waals surface area contributed by atoms with Crippen molar-refractivity contribution in [2.24, 2.45) is 0 Å². The molecule has 2 aliphatic heterocycles. The molecule has 0 aromatic heterocycles. The van der Waals surface area contributed by atoms with Crippen molar-refractivity contribution < 1.29 is 9.59 Å². The van der Waals surface area contributed by atoms with E-state index in [1.165, 1.54) is 12.8 Å². The van der Waals surface area contributed by atoms with E-state index in [0.29, 0.717) is 13.1 Å². The van der Waals surface area contributed by atoms with Gasteiger partial charge in [-0.2, -0.15) is 0 Å². The van der Waals surface area contributed by atoms with Gasteiger partial charge in [-0.1, -0.05) is 12.8 Å². The zero-order valence-electron chi connectivity index (χ0n) is 10.5. The van der Waals surface area contributed by atoms with E-state index in [2.05, 4.69) is 0 Å². The maximum Gasteiger partial charge on any atom is 0.320 e. The zero-order chi connectivity index (χ0) is 12.3. The van der Waals surface area contributed by atoms with Crippen molar-refractivity contribution >= 4 is 11.9 Å². The van der Waals surface area contributed by atoms with Crippen molar-refractivity contribution in [3.63, 3.8) is 0 Å². The van der Waals surface area contributed by atoms with Crippen LogP contribution in [-0.4, -0.2) is 66.4 Å². The number of likely N-dealkylation sites (N-methyl/N-ethyl adjacent to an activating group) is 1. The molecule has 2 saturated heterocycles. The van der Waals surface area contributed by atoms with E-state index in [9.17, 15) is 9.59 Å². The highest BCUT2D eigenvalue weighted by Crippen LogP contribution is 2.13. The molecule has 0 bridgehead atoms. The Morgan fingerprint density at radius 1 is 0.941 bits per heavy atom. The average Bonchev–Trinajstić information content (AvgIpc) is 2.60. The van der Waals surface area contributed by atoms with Gasteiger partial charge < -0.3 is 14.7 Å². The number of likely N-dealkylation sites (tertiary alicyclic amines) is 1. The molecule has 2 heterocycles. The van der Waals surface area contributed by atoms with Crippen LogP contribution < -0.4 is 0 Å². The highest BCUT2D eigenvalue weighted by atomic mass is 16.2. The number of hydrogen-bond donors (Lipinski definition) is 0. The summed E-state index contributed by atoms with van der Waals surface area (Å²) in [6.07, 6.45) is 4.61. The van der Waals surface area contributed by atoms with Crippen LogP contribution in [0.5, 0.6) is 0 Å². The molecule has 2 rings (SSSR count). The van der Waals surface area contributed by atoms with Crippen LogP contribution in [-0.2, 0) is 4.79 Å². The monoisotopic (exact) mass is 239 g/mol. The number of urea groups is 1. The van der Waals surface area contributed by atoms with Gasteiger partial charge in [0, 0.05) is 33.2 Å². The normalized spacial score (nSPS) is 22.6. The van der Waals surface area contributed by atoms with Gasteiger partial charge in [0.2, 0.25) is 5.91 Å². The second kappa shape index (κ2) is 5.38. The van der Waals surface area contributed by atoms with Crippen LogP contribution >= 0.6 is 0 Å². The molecule has 2 fully saturated rings. The van der Waals surface area contributed by atoms with Gasteiger partial charge in [-0.3, -0.25) is 4.79 Å². The van der Waals surface area contributed by atoms with Gasteiger partial charge in [-0.15, -0.1) is 0 Å². The van der Waals surface area contributed by atoms with Crippen LogP contribution in [0.3, 0.4) is 0 Å². The highest BCUT2D eigenvalue weighted by Gasteiger charge is 2.28. The molecule has 0 atom stereocenters. The number of nitrogens with zero attached hydrogens (tertiary/aromatic N) is 3. The number of carbonyl (C=O) groups excluding carboxylic acids is 2. The Balaban J connectivity index is 1.92. The summed E-state index contributed by atoms with van der Waals surface area (Å²) in [6.45, 7) is 3.25. The van der Waals surface area contributed by atoms with Crippen LogP contribution in [0.2, 0.25) is 0 Å². The maximum absolute atomic E-state index is 12.2. The molecule has 0 saturated carbocycles. The lowest BCUT2D eigenvalue weighted by Crippen LogP contribution is -2.54. The quantitative estimate of drug-likeness (QED) is 0.626. The molecule has 0 spiro atoms. The van der Waals surface area contributed by atoms with E-state index in [4.69, 9.17) is 0 Å². The second-order valence-electron chi connectivity index (χ2n) is 4.92. The Morgan fingerprint density at radius 3 is 2.18 bits per heavy atom. The molecule has 0 aromatic carbocycles. The predicted molar refractivity (Wildman–Crippen MR) is 64.6 cm³/mol. The van der Waals surface area contributed by atoms with Crippen molar-refractivity contribution in [1.29, 1.82) is 0 Å². The molecule has 0 N–H and O–H groups in total. The molecular formula is C12H21N3O2. The van der Waals surface area contributed by atoms with Gasteiger partial charge in [0.05, 0.1) is 0 Å². The smallest absolute Gasteiger partial charge is 0.320 e. The standard InChI is InChI=1S/C12H21N3O2/c1-13-8-9-15(10-11(13)16)12(17)14-6-4-2-3-5-7-14/h2-10H2,1H3. The molecule has 0 aliphatic carbocycles. The lowest BCUT2D eigenvalue weighted by molar-refractivity contribution is -0.133. The number of hydrogen-bond acceptors (Lipinski definition) is 2. The summed E-state index contributed by atoms with van der Waals surface area (Å²) in [5.41, 5.74) is 0. The summed E-state index contributed by atoms with van der Waals surface area (Å²) in [7, 11) is 1.79. The third-order valence-electron chi connectivity index (χ3n) is 3.60. The largest absolute Gasteiger partial charge is 0.342 e. The van der Waals surface area contributed by atoms with E-state index >= 15 is 0 Å². The van der Waals surface area contributed by atoms with Gasteiger partial charge in [0.25, 0.3) is 0 Å². The molecule has 96 valence electrons. The topological polar surface area (TPSA) is 43.9 Å². The van der Waals surface area contributed by atoms with Crippen LogP contribution in [0.15, 0.2) is 0 Å². The van der Waals surface area contributed by atoms with Gasteiger partial charge >= 0.3 is 6.03 Å². The molecule has 5 nitrogen and oxygen atoms in total. The molecule has 17 heavy (non-hydrogen) atoms. The fourth-order valence-electron chi connectivity index (χ4n) is 2.38. The molecule has 3 amide bonds. The third-order valence-corrected chi connectivity index (χ3v) is 3.60. The van der Waals surface area contributed by atoms with E-state index in [-0.39, 0.29) is 18.5 Å². The Bertz CT molecular complexity index is 298. The lowest BCUT2D eigenvalue weighted by Gasteiger charge is -2.35. The maximum atomic E-state index is 12.2. The summed E-state index contributed by atoms with van der Waals surface area (Å²) in [4.78, 5) is 29.1. The summed E-state index contributed by atoms with van der Waals surface area (Å²) < 4.78 is 0. The fraction of sp³-hybridized carbons (Fsp3) is 0.833. The number of carbonyl (C=O) groups is 2. The minimum Gasteiger partial charge on any atom is -0.342 e. The first-order valence-corrected chi connectivity index (χ1v) is 6.46. The average molecular weight is 239 g/mol. The highest BCUT2D eigenvalue weighted by molar-refractivity contribution is 5.85. The minimum absolute atomic E-state index is 0.0411. The Morgan fingerprint density at radius 2 is 1.59 bits per heavy atom. The third kappa shape index (κ3) is 2.90.